The number of Topliss-reactive ketones (excluding diaryl/α,β-unsaturated/α-hetero) is 2. The molecule has 0 amide bonds. The standard InChI is InChI=1S/C17H15FO6/c1-22-16-8-11(18)4-3-10(16)7-12-5-6-15(24-12)13(19)9-14(20)17(21)23-2/h3-6,8H,7,9H2,1-2H3. The Morgan fingerprint density at radius 2 is 1.88 bits per heavy atom. The van der Waals surface area contributed by atoms with E-state index in [9.17, 15) is 18.8 Å². The van der Waals surface area contributed by atoms with Crippen LogP contribution in [0.5, 0.6) is 5.75 Å². The number of methoxy groups -OCH3 is 2. The minimum atomic E-state index is -1.08. The summed E-state index contributed by atoms with van der Waals surface area (Å²) in [6, 6.07) is 7.08. The number of ketones is 2. The Kier molecular flexibility index (Phi) is 5.47. The molecule has 1 aromatic heterocycles. The molecule has 0 unspecified atom stereocenters. The van der Waals surface area contributed by atoms with Crippen molar-refractivity contribution in [2.24, 2.45) is 0 Å². The quantitative estimate of drug-likeness (QED) is 0.334. The van der Waals surface area contributed by atoms with Crippen molar-refractivity contribution in [1.29, 1.82) is 0 Å². The largest absolute Gasteiger partial charge is 0.496 e. The first kappa shape index (κ1) is 17.4. The fraction of sp³-hybridized carbons (Fsp3) is 0.235. The Bertz CT molecular complexity index is 777. The van der Waals surface area contributed by atoms with Crippen LogP contribution in [0.3, 0.4) is 0 Å². The van der Waals surface area contributed by atoms with Gasteiger partial charge in [-0.05, 0) is 18.2 Å². The molecule has 126 valence electrons. The molecule has 0 atom stereocenters. The number of carbonyl (C=O) groups is 3. The Labute approximate surface area is 137 Å². The summed E-state index contributed by atoms with van der Waals surface area (Å²) in [5.74, 6) is -2.31. The first-order valence-electron chi connectivity index (χ1n) is 7.00. The highest BCUT2D eigenvalue weighted by Gasteiger charge is 2.21. The van der Waals surface area contributed by atoms with E-state index in [1.165, 1.54) is 25.3 Å². The van der Waals surface area contributed by atoms with Gasteiger partial charge >= 0.3 is 5.97 Å². The van der Waals surface area contributed by atoms with Crippen LogP contribution in [-0.4, -0.2) is 31.8 Å². The summed E-state index contributed by atoms with van der Waals surface area (Å²) < 4.78 is 27.9. The summed E-state index contributed by atoms with van der Waals surface area (Å²) >= 11 is 0. The molecule has 0 aliphatic rings. The maximum Gasteiger partial charge on any atom is 0.374 e. The van der Waals surface area contributed by atoms with E-state index < -0.39 is 29.8 Å². The van der Waals surface area contributed by atoms with Crippen molar-refractivity contribution in [3.05, 3.63) is 53.2 Å². The highest BCUT2D eigenvalue weighted by Crippen LogP contribution is 2.23. The van der Waals surface area contributed by atoms with Crippen LogP contribution in [0.1, 0.15) is 28.3 Å². The van der Waals surface area contributed by atoms with Crippen LogP contribution in [0.25, 0.3) is 0 Å². The van der Waals surface area contributed by atoms with Crippen LogP contribution in [0, 0.1) is 5.82 Å². The summed E-state index contributed by atoms with van der Waals surface area (Å²) in [5, 5.41) is 0. The van der Waals surface area contributed by atoms with E-state index in [1.54, 1.807) is 12.1 Å². The van der Waals surface area contributed by atoms with Gasteiger partial charge in [-0.15, -0.1) is 0 Å². The van der Waals surface area contributed by atoms with Crippen molar-refractivity contribution in [2.75, 3.05) is 14.2 Å². The van der Waals surface area contributed by atoms with Crippen LogP contribution in [0.15, 0.2) is 34.7 Å². The number of ether oxygens (including phenoxy) is 2. The molecule has 0 fully saturated rings. The predicted octanol–water partition coefficient (Wildman–Crippen LogP) is 2.33. The van der Waals surface area contributed by atoms with Crippen molar-refractivity contribution in [3.8, 4) is 5.75 Å². The van der Waals surface area contributed by atoms with E-state index in [4.69, 9.17) is 9.15 Å². The van der Waals surface area contributed by atoms with Crippen molar-refractivity contribution in [3.63, 3.8) is 0 Å². The molecule has 1 heterocycles. The number of rotatable bonds is 7. The number of halogens is 1. The molecule has 2 aromatic rings. The maximum atomic E-state index is 13.2. The van der Waals surface area contributed by atoms with Gasteiger partial charge in [0.1, 0.15) is 17.3 Å². The lowest BCUT2D eigenvalue weighted by molar-refractivity contribution is -0.151. The van der Waals surface area contributed by atoms with E-state index in [1.807, 2.05) is 0 Å². The lowest BCUT2D eigenvalue weighted by atomic mass is 10.1. The Morgan fingerprint density at radius 3 is 2.54 bits per heavy atom. The van der Waals surface area contributed by atoms with Crippen LogP contribution < -0.4 is 4.74 Å². The summed E-state index contributed by atoms with van der Waals surface area (Å²) in [7, 11) is 2.49. The summed E-state index contributed by atoms with van der Waals surface area (Å²) in [6.07, 6.45) is -0.346. The average Bonchev–Trinajstić information content (AvgIpc) is 3.04. The van der Waals surface area contributed by atoms with Gasteiger partial charge in [-0.3, -0.25) is 9.59 Å². The second-order valence-electron chi connectivity index (χ2n) is 4.91. The zero-order valence-electron chi connectivity index (χ0n) is 13.1. The Hall–Kier alpha value is -2.96. The van der Waals surface area contributed by atoms with E-state index in [2.05, 4.69) is 4.74 Å². The molecular weight excluding hydrogens is 319 g/mol. The zero-order valence-corrected chi connectivity index (χ0v) is 13.1. The molecule has 1 aromatic carbocycles. The molecule has 24 heavy (non-hydrogen) atoms. The minimum Gasteiger partial charge on any atom is -0.496 e. The van der Waals surface area contributed by atoms with Gasteiger partial charge in [-0.2, -0.15) is 0 Å². The van der Waals surface area contributed by atoms with E-state index in [0.717, 1.165) is 7.11 Å². The lowest BCUT2D eigenvalue weighted by Gasteiger charge is -2.06. The summed E-state index contributed by atoms with van der Waals surface area (Å²) in [6.45, 7) is 0. The first-order chi connectivity index (χ1) is 11.4. The molecule has 6 nitrogen and oxygen atoms in total. The molecular formula is C17H15FO6. The maximum absolute atomic E-state index is 13.2. The third kappa shape index (κ3) is 4.07. The van der Waals surface area contributed by atoms with Crippen LogP contribution in [0.4, 0.5) is 4.39 Å². The van der Waals surface area contributed by atoms with Crippen LogP contribution in [-0.2, 0) is 20.7 Å². The molecule has 0 saturated heterocycles. The van der Waals surface area contributed by atoms with E-state index in [-0.39, 0.29) is 12.2 Å². The second-order valence-corrected chi connectivity index (χ2v) is 4.91. The van der Waals surface area contributed by atoms with Gasteiger partial charge in [0.25, 0.3) is 0 Å². The van der Waals surface area contributed by atoms with Crippen molar-refractivity contribution in [1.82, 2.24) is 0 Å². The molecule has 2 rings (SSSR count). The number of hydrogen-bond acceptors (Lipinski definition) is 6. The van der Waals surface area contributed by atoms with Gasteiger partial charge in [-0.1, -0.05) is 6.07 Å². The predicted molar refractivity (Wildman–Crippen MR) is 80.4 cm³/mol. The minimum absolute atomic E-state index is 0.0386. The molecule has 0 bridgehead atoms. The first-order valence-corrected chi connectivity index (χ1v) is 7.00. The smallest absolute Gasteiger partial charge is 0.374 e. The SMILES string of the molecule is COC(=O)C(=O)CC(=O)c1ccc(Cc2ccc(F)cc2OC)o1. The summed E-state index contributed by atoms with van der Waals surface area (Å²) in [4.78, 5) is 34.3. The average molecular weight is 334 g/mol. The highest BCUT2D eigenvalue weighted by atomic mass is 19.1. The fourth-order valence-electron chi connectivity index (χ4n) is 2.09. The number of benzene rings is 1. The molecule has 0 aliphatic carbocycles. The normalized spacial score (nSPS) is 10.3. The van der Waals surface area contributed by atoms with Gasteiger partial charge < -0.3 is 13.9 Å². The van der Waals surface area contributed by atoms with Gasteiger partial charge in [0.2, 0.25) is 11.6 Å². The van der Waals surface area contributed by atoms with Crippen LogP contribution >= 0.6 is 0 Å². The van der Waals surface area contributed by atoms with Crippen molar-refractivity contribution >= 4 is 17.5 Å². The number of hydrogen-bond donors (Lipinski definition) is 0. The van der Waals surface area contributed by atoms with E-state index in [0.29, 0.717) is 17.1 Å². The van der Waals surface area contributed by atoms with Gasteiger partial charge in [-0.25, -0.2) is 9.18 Å². The molecule has 0 aliphatic heterocycles. The highest BCUT2D eigenvalue weighted by molar-refractivity contribution is 6.37. The third-order valence-corrected chi connectivity index (χ3v) is 3.28. The van der Waals surface area contributed by atoms with Crippen molar-refractivity contribution in [2.45, 2.75) is 12.8 Å². The zero-order chi connectivity index (χ0) is 17.7. The Morgan fingerprint density at radius 1 is 1.12 bits per heavy atom. The number of furan rings is 1. The van der Waals surface area contributed by atoms with Gasteiger partial charge in [0, 0.05) is 18.1 Å². The lowest BCUT2D eigenvalue weighted by Crippen LogP contribution is -2.19. The summed E-state index contributed by atoms with van der Waals surface area (Å²) in [5.41, 5.74) is 0.679. The number of carbonyl (C=O) groups excluding carboxylic acids is 3. The monoisotopic (exact) mass is 334 g/mol. The molecule has 0 spiro atoms. The molecule has 0 saturated carbocycles. The van der Waals surface area contributed by atoms with Crippen LogP contribution in [0.2, 0.25) is 0 Å². The van der Waals surface area contributed by atoms with Gasteiger partial charge in [0.15, 0.2) is 5.76 Å². The van der Waals surface area contributed by atoms with Crippen molar-refractivity contribution < 1.29 is 32.7 Å². The molecule has 0 radical (unpaired) electrons. The topological polar surface area (TPSA) is 82.8 Å². The number of esters is 1. The Balaban J connectivity index is 2.09. The molecule has 0 N–H and O–H groups in total. The van der Waals surface area contributed by atoms with E-state index >= 15 is 0 Å². The second kappa shape index (κ2) is 7.54. The fourth-order valence-corrected chi connectivity index (χ4v) is 2.09. The molecule has 7 heteroatoms. The van der Waals surface area contributed by atoms with Gasteiger partial charge in [0.05, 0.1) is 20.6 Å². The third-order valence-electron chi connectivity index (χ3n) is 3.28.